The lowest BCUT2D eigenvalue weighted by atomic mass is 10.0. The molecule has 2 aromatic rings. The first-order valence-electron chi connectivity index (χ1n) is 10.1. The normalized spacial score (nSPS) is 14.5. The Kier molecular flexibility index (Phi) is 6.25. The van der Waals surface area contributed by atoms with Gasteiger partial charge in [0.1, 0.15) is 5.75 Å². The maximum absolute atomic E-state index is 13.0. The first-order chi connectivity index (χ1) is 13.8. The second-order valence-electron chi connectivity index (χ2n) is 7.61. The maximum Gasteiger partial charge on any atom is 0.359 e. The third kappa shape index (κ3) is 4.44. The van der Waals surface area contributed by atoms with Crippen LogP contribution in [0.4, 0.5) is 0 Å². The topological polar surface area (TPSA) is 73.7 Å². The van der Waals surface area contributed by atoms with Crippen molar-refractivity contribution >= 4 is 11.9 Å². The zero-order valence-electron chi connectivity index (χ0n) is 17.8. The van der Waals surface area contributed by atoms with Crippen LogP contribution in [-0.2, 0) is 29.5 Å². The molecule has 0 saturated heterocycles. The molecule has 0 fully saturated rings. The molecule has 0 spiro atoms. The highest BCUT2D eigenvalue weighted by molar-refractivity contribution is 5.90. The van der Waals surface area contributed by atoms with E-state index in [0.717, 1.165) is 11.3 Å². The first-order valence-corrected chi connectivity index (χ1v) is 10.1. The molecule has 1 unspecified atom stereocenters. The SMILES string of the molecule is CCOC(=O)c1nn(C)c2c1CN(C(=O)C(C)Oc1ccc(C(C)C)cc1)CC2. The van der Waals surface area contributed by atoms with Crippen molar-refractivity contribution in [1.82, 2.24) is 14.7 Å². The summed E-state index contributed by atoms with van der Waals surface area (Å²) in [6.45, 7) is 8.96. The fourth-order valence-corrected chi connectivity index (χ4v) is 3.59. The van der Waals surface area contributed by atoms with Gasteiger partial charge in [0.15, 0.2) is 11.8 Å². The van der Waals surface area contributed by atoms with Gasteiger partial charge in [-0.25, -0.2) is 4.79 Å². The van der Waals surface area contributed by atoms with E-state index in [1.54, 1.807) is 23.4 Å². The van der Waals surface area contributed by atoms with Gasteiger partial charge in [0.05, 0.1) is 13.2 Å². The molecule has 1 aliphatic heterocycles. The molecule has 0 N–H and O–H groups in total. The summed E-state index contributed by atoms with van der Waals surface area (Å²) in [5.41, 5.74) is 3.25. The standard InChI is InChI=1S/C22H29N3O4/c1-6-28-22(27)20-18-13-25(12-11-19(18)24(5)23-20)21(26)15(4)29-17-9-7-16(8-10-17)14(2)3/h7-10,14-15H,6,11-13H2,1-5H3. The van der Waals surface area contributed by atoms with E-state index in [0.29, 0.717) is 36.9 Å². The van der Waals surface area contributed by atoms with Crippen molar-refractivity contribution in [3.05, 3.63) is 46.8 Å². The monoisotopic (exact) mass is 399 g/mol. The molecule has 3 rings (SSSR count). The molecule has 0 aliphatic carbocycles. The lowest BCUT2D eigenvalue weighted by Gasteiger charge is -2.30. The molecule has 156 valence electrons. The summed E-state index contributed by atoms with van der Waals surface area (Å²) in [6.07, 6.45) is 0.0175. The van der Waals surface area contributed by atoms with Crippen molar-refractivity contribution in [2.45, 2.75) is 52.7 Å². The number of rotatable bonds is 6. The Morgan fingerprint density at radius 1 is 1.17 bits per heavy atom. The quantitative estimate of drug-likeness (QED) is 0.698. The minimum Gasteiger partial charge on any atom is -0.481 e. The van der Waals surface area contributed by atoms with Crippen molar-refractivity contribution in [3.8, 4) is 5.75 Å². The van der Waals surface area contributed by atoms with Crippen molar-refractivity contribution in [2.24, 2.45) is 7.05 Å². The Hall–Kier alpha value is -2.83. The van der Waals surface area contributed by atoms with Crippen molar-refractivity contribution < 1.29 is 19.1 Å². The molecule has 1 amide bonds. The van der Waals surface area contributed by atoms with Gasteiger partial charge in [-0.2, -0.15) is 5.10 Å². The van der Waals surface area contributed by atoms with E-state index in [2.05, 4.69) is 18.9 Å². The van der Waals surface area contributed by atoms with Gasteiger partial charge in [-0.15, -0.1) is 0 Å². The first kappa shape index (κ1) is 20.9. The van der Waals surface area contributed by atoms with Crippen LogP contribution in [0, 0.1) is 0 Å². The van der Waals surface area contributed by atoms with Gasteiger partial charge in [0.25, 0.3) is 5.91 Å². The molecular formula is C22H29N3O4. The Bertz CT molecular complexity index is 886. The number of ether oxygens (including phenoxy) is 2. The minimum atomic E-state index is -0.621. The Morgan fingerprint density at radius 2 is 1.86 bits per heavy atom. The summed E-state index contributed by atoms with van der Waals surface area (Å²) in [7, 11) is 1.81. The summed E-state index contributed by atoms with van der Waals surface area (Å²) in [6, 6.07) is 7.83. The third-order valence-electron chi connectivity index (χ3n) is 5.23. The number of amides is 1. The van der Waals surface area contributed by atoms with Gasteiger partial charge >= 0.3 is 5.97 Å². The molecule has 1 aliphatic rings. The van der Waals surface area contributed by atoms with E-state index < -0.39 is 12.1 Å². The van der Waals surface area contributed by atoms with Crippen LogP contribution in [0.25, 0.3) is 0 Å². The van der Waals surface area contributed by atoms with Gasteiger partial charge < -0.3 is 14.4 Å². The number of aromatic nitrogens is 2. The van der Waals surface area contributed by atoms with Crippen LogP contribution in [0.1, 0.15) is 60.9 Å². The van der Waals surface area contributed by atoms with Gasteiger partial charge in [0, 0.05) is 31.3 Å². The van der Waals surface area contributed by atoms with E-state index in [9.17, 15) is 9.59 Å². The van der Waals surface area contributed by atoms with Crippen LogP contribution in [0.3, 0.4) is 0 Å². The molecule has 1 atom stereocenters. The maximum atomic E-state index is 13.0. The highest BCUT2D eigenvalue weighted by Crippen LogP contribution is 2.24. The minimum absolute atomic E-state index is 0.109. The molecule has 0 radical (unpaired) electrons. The Morgan fingerprint density at radius 3 is 2.48 bits per heavy atom. The molecule has 1 aromatic carbocycles. The lowest BCUT2D eigenvalue weighted by Crippen LogP contribution is -2.43. The molecule has 7 nitrogen and oxygen atoms in total. The van der Waals surface area contributed by atoms with E-state index in [1.807, 2.05) is 31.3 Å². The Balaban J connectivity index is 1.70. The summed E-state index contributed by atoms with van der Waals surface area (Å²) in [5, 5.41) is 4.31. The Labute approximate surface area is 171 Å². The van der Waals surface area contributed by atoms with Crippen molar-refractivity contribution in [2.75, 3.05) is 13.2 Å². The fraction of sp³-hybridized carbons (Fsp3) is 0.500. The van der Waals surface area contributed by atoms with Crippen LogP contribution >= 0.6 is 0 Å². The third-order valence-corrected chi connectivity index (χ3v) is 5.23. The van der Waals surface area contributed by atoms with Crippen molar-refractivity contribution in [3.63, 3.8) is 0 Å². The number of esters is 1. The van der Waals surface area contributed by atoms with Gasteiger partial charge in [-0.3, -0.25) is 9.48 Å². The van der Waals surface area contributed by atoms with E-state index in [1.165, 1.54) is 5.56 Å². The number of fused-ring (bicyclic) bond motifs is 1. The van der Waals surface area contributed by atoms with Crippen molar-refractivity contribution in [1.29, 1.82) is 0 Å². The highest BCUT2D eigenvalue weighted by Gasteiger charge is 2.32. The van der Waals surface area contributed by atoms with Gasteiger partial charge in [0.2, 0.25) is 0 Å². The second kappa shape index (κ2) is 8.68. The summed E-state index contributed by atoms with van der Waals surface area (Å²) < 4.78 is 12.7. The number of benzene rings is 1. The largest absolute Gasteiger partial charge is 0.481 e. The highest BCUT2D eigenvalue weighted by atomic mass is 16.5. The van der Waals surface area contributed by atoms with Gasteiger partial charge in [-0.1, -0.05) is 26.0 Å². The lowest BCUT2D eigenvalue weighted by molar-refractivity contribution is -0.138. The molecule has 1 aromatic heterocycles. The smallest absolute Gasteiger partial charge is 0.359 e. The molecular weight excluding hydrogens is 370 g/mol. The predicted octanol–water partition coefficient (Wildman–Crippen LogP) is 3.07. The van der Waals surface area contributed by atoms with E-state index in [-0.39, 0.29) is 12.5 Å². The average Bonchev–Trinajstić information content (AvgIpc) is 3.04. The van der Waals surface area contributed by atoms with Gasteiger partial charge in [-0.05, 0) is 37.5 Å². The number of carbonyl (C=O) groups is 2. The van der Waals surface area contributed by atoms with Crippen LogP contribution in [0.2, 0.25) is 0 Å². The number of carbonyl (C=O) groups excluding carboxylic acids is 2. The number of aryl methyl sites for hydroxylation is 1. The zero-order chi connectivity index (χ0) is 21.1. The average molecular weight is 399 g/mol. The summed E-state index contributed by atoms with van der Waals surface area (Å²) in [4.78, 5) is 26.9. The van der Waals surface area contributed by atoms with Crippen LogP contribution < -0.4 is 4.74 Å². The summed E-state index contributed by atoms with van der Waals surface area (Å²) in [5.74, 6) is 0.552. The number of hydrogen-bond donors (Lipinski definition) is 0. The number of nitrogens with zero attached hydrogens (tertiary/aromatic N) is 3. The molecule has 7 heteroatoms. The van der Waals surface area contributed by atoms with Crippen LogP contribution in [0.5, 0.6) is 5.75 Å². The van der Waals surface area contributed by atoms with E-state index in [4.69, 9.17) is 9.47 Å². The second-order valence-corrected chi connectivity index (χ2v) is 7.61. The van der Waals surface area contributed by atoms with E-state index >= 15 is 0 Å². The van der Waals surface area contributed by atoms with Crippen LogP contribution in [-0.4, -0.2) is 45.8 Å². The molecule has 29 heavy (non-hydrogen) atoms. The molecule has 2 heterocycles. The molecule has 0 bridgehead atoms. The molecule has 0 saturated carbocycles. The zero-order valence-corrected chi connectivity index (χ0v) is 17.8. The fourth-order valence-electron chi connectivity index (χ4n) is 3.59. The van der Waals surface area contributed by atoms with Crippen LogP contribution in [0.15, 0.2) is 24.3 Å². The number of hydrogen-bond acceptors (Lipinski definition) is 5. The predicted molar refractivity (Wildman–Crippen MR) is 109 cm³/mol. The summed E-state index contributed by atoms with van der Waals surface area (Å²) >= 11 is 0.